The molecule has 0 aliphatic carbocycles. The van der Waals surface area contributed by atoms with Crippen molar-refractivity contribution in [3.8, 4) is 0 Å². The molecule has 15 heavy (non-hydrogen) atoms. The van der Waals surface area contributed by atoms with Gasteiger partial charge in [0, 0.05) is 5.56 Å². The summed E-state index contributed by atoms with van der Waals surface area (Å²) in [5.41, 5.74) is 0.442. The number of amides is 1. The summed E-state index contributed by atoms with van der Waals surface area (Å²) in [6, 6.07) is 5.86. The predicted molar refractivity (Wildman–Crippen MR) is 54.0 cm³/mol. The van der Waals surface area contributed by atoms with E-state index in [4.69, 9.17) is 0 Å². The Morgan fingerprint density at radius 2 is 2.07 bits per heavy atom. The van der Waals surface area contributed by atoms with Crippen molar-refractivity contribution in [2.75, 3.05) is 26.2 Å². The number of quaternary nitrogens is 1. The Balaban J connectivity index is 2.12. The molecule has 0 unspecified atom stereocenters. The monoisotopic (exact) mass is 209 g/mol. The topological polar surface area (TPSA) is 36.9 Å². The minimum Gasteiger partial charge on any atom is -0.343 e. The maximum absolute atomic E-state index is 12.9. The normalized spacial score (nSPS) is 16.5. The van der Waals surface area contributed by atoms with E-state index in [1.807, 2.05) is 0 Å². The van der Waals surface area contributed by atoms with Gasteiger partial charge in [-0.15, -0.1) is 0 Å². The Bertz CT molecular complexity index is 361. The smallest absolute Gasteiger partial charge is 0.254 e. The third kappa shape index (κ3) is 2.33. The highest BCUT2D eigenvalue weighted by molar-refractivity contribution is 5.94. The molecule has 1 saturated heterocycles. The van der Waals surface area contributed by atoms with Crippen LogP contribution in [0.25, 0.3) is 0 Å². The minimum absolute atomic E-state index is 0.0670. The maximum atomic E-state index is 12.9. The van der Waals surface area contributed by atoms with Gasteiger partial charge in [0.25, 0.3) is 5.91 Å². The Morgan fingerprint density at radius 1 is 1.33 bits per heavy atom. The van der Waals surface area contributed by atoms with Crippen LogP contribution in [0.1, 0.15) is 10.4 Å². The third-order valence-electron chi connectivity index (χ3n) is 2.57. The lowest BCUT2D eigenvalue weighted by Gasteiger charge is -2.25. The fraction of sp³-hybridized carbons (Fsp3) is 0.364. The molecule has 1 amide bonds. The fourth-order valence-electron chi connectivity index (χ4n) is 1.76. The van der Waals surface area contributed by atoms with E-state index in [1.54, 1.807) is 17.0 Å². The van der Waals surface area contributed by atoms with Gasteiger partial charge in [-0.1, -0.05) is 6.07 Å². The van der Waals surface area contributed by atoms with Crippen molar-refractivity contribution in [2.24, 2.45) is 0 Å². The number of rotatable bonds is 1. The standard InChI is InChI=1S/C11H13FN2O/c12-10-3-1-2-9(8-10)11(15)14-6-4-13-5-7-14/h1-3,8,13H,4-7H2/p+1. The second-order valence-electron chi connectivity index (χ2n) is 3.67. The van der Waals surface area contributed by atoms with Crippen LogP contribution in [-0.2, 0) is 0 Å². The van der Waals surface area contributed by atoms with E-state index in [-0.39, 0.29) is 11.7 Å². The van der Waals surface area contributed by atoms with Gasteiger partial charge in [-0.3, -0.25) is 4.79 Å². The number of hydrogen-bond donors (Lipinski definition) is 1. The zero-order valence-corrected chi connectivity index (χ0v) is 8.45. The number of nitrogens with two attached hydrogens (primary N) is 1. The predicted octanol–water partition coefficient (Wildman–Crippen LogP) is -0.155. The van der Waals surface area contributed by atoms with E-state index >= 15 is 0 Å². The van der Waals surface area contributed by atoms with Crippen LogP contribution in [0.3, 0.4) is 0 Å². The molecule has 3 nitrogen and oxygen atoms in total. The molecule has 0 atom stereocenters. The first-order valence-electron chi connectivity index (χ1n) is 5.14. The zero-order valence-electron chi connectivity index (χ0n) is 8.45. The number of nitrogens with zero attached hydrogens (tertiary/aromatic N) is 1. The molecule has 1 fully saturated rings. The summed E-state index contributed by atoms with van der Waals surface area (Å²) in [5.74, 6) is -0.424. The molecule has 1 heterocycles. The lowest BCUT2D eigenvalue weighted by atomic mass is 10.2. The average molecular weight is 209 g/mol. The van der Waals surface area contributed by atoms with Gasteiger partial charge in [0.15, 0.2) is 0 Å². The first kappa shape index (κ1) is 10.1. The van der Waals surface area contributed by atoms with Crippen LogP contribution in [0.2, 0.25) is 0 Å². The Morgan fingerprint density at radius 3 is 2.73 bits per heavy atom. The summed E-state index contributed by atoms with van der Waals surface area (Å²) in [5, 5.41) is 2.18. The summed E-state index contributed by atoms with van der Waals surface area (Å²) in [4.78, 5) is 13.7. The molecule has 1 aliphatic rings. The van der Waals surface area contributed by atoms with Crippen molar-refractivity contribution in [1.29, 1.82) is 0 Å². The van der Waals surface area contributed by atoms with Crippen molar-refractivity contribution < 1.29 is 14.5 Å². The minimum atomic E-state index is -0.357. The lowest BCUT2D eigenvalue weighted by molar-refractivity contribution is -0.661. The average Bonchev–Trinajstić information content (AvgIpc) is 2.29. The summed E-state index contributed by atoms with van der Waals surface area (Å²) in [6.45, 7) is 3.35. The molecular weight excluding hydrogens is 195 g/mol. The van der Waals surface area contributed by atoms with Crippen molar-refractivity contribution in [3.63, 3.8) is 0 Å². The van der Waals surface area contributed by atoms with Crippen LogP contribution >= 0.6 is 0 Å². The molecule has 1 aliphatic heterocycles. The second-order valence-corrected chi connectivity index (χ2v) is 3.67. The SMILES string of the molecule is O=C(c1cccc(F)c1)N1CC[NH2+]CC1. The number of carbonyl (C=O) groups excluding carboxylic acids is 1. The zero-order chi connectivity index (χ0) is 10.7. The number of carbonyl (C=O) groups is 1. The van der Waals surface area contributed by atoms with E-state index in [0.29, 0.717) is 5.56 Å². The van der Waals surface area contributed by atoms with Crippen LogP contribution in [-0.4, -0.2) is 37.0 Å². The van der Waals surface area contributed by atoms with E-state index in [0.717, 1.165) is 26.2 Å². The van der Waals surface area contributed by atoms with Gasteiger partial charge >= 0.3 is 0 Å². The Kier molecular flexibility index (Phi) is 2.97. The first-order chi connectivity index (χ1) is 7.27. The van der Waals surface area contributed by atoms with Gasteiger partial charge in [-0.05, 0) is 18.2 Å². The van der Waals surface area contributed by atoms with Gasteiger partial charge in [0.1, 0.15) is 5.82 Å². The number of piperazine rings is 1. The van der Waals surface area contributed by atoms with Crippen molar-refractivity contribution in [2.45, 2.75) is 0 Å². The van der Waals surface area contributed by atoms with Gasteiger partial charge in [0.05, 0.1) is 26.2 Å². The highest BCUT2D eigenvalue weighted by Gasteiger charge is 2.19. The fourth-order valence-corrected chi connectivity index (χ4v) is 1.76. The van der Waals surface area contributed by atoms with E-state index in [9.17, 15) is 9.18 Å². The highest BCUT2D eigenvalue weighted by atomic mass is 19.1. The van der Waals surface area contributed by atoms with Gasteiger partial charge in [0.2, 0.25) is 0 Å². The molecule has 0 aromatic heterocycles. The van der Waals surface area contributed by atoms with Crippen LogP contribution in [0.15, 0.2) is 24.3 Å². The van der Waals surface area contributed by atoms with Crippen molar-refractivity contribution in [3.05, 3.63) is 35.6 Å². The van der Waals surface area contributed by atoms with Crippen LogP contribution < -0.4 is 5.32 Å². The van der Waals surface area contributed by atoms with Crippen LogP contribution in [0, 0.1) is 5.82 Å². The molecule has 2 N–H and O–H groups in total. The highest BCUT2D eigenvalue weighted by Crippen LogP contribution is 2.07. The largest absolute Gasteiger partial charge is 0.343 e. The molecular formula is C11H14FN2O+. The molecule has 1 aromatic rings. The molecule has 80 valence electrons. The Hall–Kier alpha value is -1.42. The van der Waals surface area contributed by atoms with Crippen molar-refractivity contribution >= 4 is 5.91 Å². The van der Waals surface area contributed by atoms with Gasteiger partial charge < -0.3 is 10.2 Å². The first-order valence-corrected chi connectivity index (χ1v) is 5.14. The molecule has 1 aromatic carbocycles. The molecule has 0 spiro atoms. The summed E-state index contributed by atoms with van der Waals surface area (Å²) in [6.07, 6.45) is 0. The van der Waals surface area contributed by atoms with Crippen LogP contribution in [0.4, 0.5) is 4.39 Å². The summed E-state index contributed by atoms with van der Waals surface area (Å²) in [7, 11) is 0. The van der Waals surface area contributed by atoms with Crippen LogP contribution in [0.5, 0.6) is 0 Å². The molecule has 0 saturated carbocycles. The molecule has 0 radical (unpaired) electrons. The number of hydrogen-bond acceptors (Lipinski definition) is 1. The van der Waals surface area contributed by atoms with Gasteiger partial charge in [-0.2, -0.15) is 0 Å². The summed E-state index contributed by atoms with van der Waals surface area (Å²) >= 11 is 0. The van der Waals surface area contributed by atoms with E-state index in [2.05, 4.69) is 5.32 Å². The van der Waals surface area contributed by atoms with E-state index in [1.165, 1.54) is 12.1 Å². The number of halogens is 1. The second kappa shape index (κ2) is 4.40. The number of benzene rings is 1. The Labute approximate surface area is 87.9 Å². The third-order valence-corrected chi connectivity index (χ3v) is 2.57. The molecule has 4 heteroatoms. The quantitative estimate of drug-likeness (QED) is 0.686. The van der Waals surface area contributed by atoms with E-state index < -0.39 is 0 Å². The molecule has 2 rings (SSSR count). The van der Waals surface area contributed by atoms with Crippen molar-refractivity contribution in [1.82, 2.24) is 4.90 Å². The van der Waals surface area contributed by atoms with Gasteiger partial charge in [-0.25, -0.2) is 4.39 Å². The lowest BCUT2D eigenvalue weighted by Crippen LogP contribution is -2.89. The molecule has 0 bridgehead atoms. The maximum Gasteiger partial charge on any atom is 0.254 e. The summed E-state index contributed by atoms with van der Waals surface area (Å²) < 4.78 is 12.9.